The predicted molar refractivity (Wildman–Crippen MR) is 145 cm³/mol. The smallest absolute Gasteiger partial charge is 0.214 e. The maximum absolute atomic E-state index is 12.1. The molecule has 0 spiro atoms. The van der Waals surface area contributed by atoms with Crippen molar-refractivity contribution in [2.45, 2.75) is 69.3 Å². The highest BCUT2D eigenvalue weighted by Gasteiger charge is 2.34. The Balaban J connectivity index is 1.22. The third kappa shape index (κ3) is 6.70. The molecule has 2 aliphatic rings. The first-order chi connectivity index (χ1) is 16.6. The molecule has 1 aliphatic carbocycles. The number of hydrogen-bond acceptors (Lipinski definition) is 5. The molecule has 0 aromatic heterocycles. The molecule has 35 heavy (non-hydrogen) atoms. The summed E-state index contributed by atoms with van der Waals surface area (Å²) in [5, 5.41) is 15.0. The maximum Gasteiger partial charge on any atom is 0.214 e. The molecule has 2 aromatic rings. The van der Waals surface area contributed by atoms with Crippen LogP contribution in [-0.4, -0.2) is 44.5 Å². The summed E-state index contributed by atoms with van der Waals surface area (Å²) in [4.78, 5) is 2.33. The van der Waals surface area contributed by atoms with E-state index < -0.39 is 15.6 Å². The Morgan fingerprint density at radius 3 is 2.17 bits per heavy atom. The van der Waals surface area contributed by atoms with Gasteiger partial charge in [0.15, 0.2) is 0 Å². The molecule has 0 amide bonds. The van der Waals surface area contributed by atoms with Gasteiger partial charge in [-0.2, -0.15) is 0 Å². The molecule has 2 aromatic carbocycles. The zero-order valence-electron chi connectivity index (χ0n) is 20.7. The van der Waals surface area contributed by atoms with Crippen LogP contribution in [0.15, 0.2) is 48.5 Å². The summed E-state index contributed by atoms with van der Waals surface area (Å²) in [6, 6.07) is 16.1. The molecule has 0 bridgehead atoms. The summed E-state index contributed by atoms with van der Waals surface area (Å²) in [5.41, 5.74) is 2.42. The van der Waals surface area contributed by atoms with Gasteiger partial charge in [0.25, 0.3) is 0 Å². The number of benzene rings is 2. The number of halogens is 1. The fourth-order valence-electron chi connectivity index (χ4n) is 5.09. The largest absolute Gasteiger partial charge is 0.385 e. The third-order valence-corrected chi connectivity index (χ3v) is 9.75. The molecule has 2 fully saturated rings. The Morgan fingerprint density at radius 2 is 1.60 bits per heavy atom. The average Bonchev–Trinajstić information content (AvgIpc) is 2.84. The van der Waals surface area contributed by atoms with Crippen molar-refractivity contribution in [1.82, 2.24) is 4.72 Å². The highest BCUT2D eigenvalue weighted by atomic mass is 35.5. The molecular formula is C27H38ClN3O3S. The summed E-state index contributed by atoms with van der Waals surface area (Å²) in [6.07, 6.45) is 5.22. The molecule has 1 aliphatic heterocycles. The van der Waals surface area contributed by atoms with E-state index in [1.807, 2.05) is 24.3 Å². The number of nitrogens with zero attached hydrogens (tertiary/aromatic N) is 1. The average molecular weight is 520 g/mol. The zero-order chi connectivity index (χ0) is 25.1. The quantitative estimate of drug-likeness (QED) is 0.450. The molecule has 4 rings (SSSR count). The lowest BCUT2D eigenvalue weighted by atomic mass is 9.84. The van der Waals surface area contributed by atoms with Gasteiger partial charge in [0.1, 0.15) is 0 Å². The first kappa shape index (κ1) is 26.3. The molecule has 8 heteroatoms. The van der Waals surface area contributed by atoms with Crippen LogP contribution in [0.2, 0.25) is 5.02 Å². The van der Waals surface area contributed by atoms with Crippen LogP contribution in [-0.2, 0) is 15.6 Å². The number of hydrogen-bond donors (Lipinski definition) is 3. The van der Waals surface area contributed by atoms with E-state index in [1.54, 1.807) is 13.8 Å². The molecule has 1 heterocycles. The Bertz CT molecular complexity index is 1060. The molecular weight excluding hydrogens is 482 g/mol. The van der Waals surface area contributed by atoms with Crippen LogP contribution in [0.4, 0.5) is 11.4 Å². The topological polar surface area (TPSA) is 81.7 Å². The summed E-state index contributed by atoms with van der Waals surface area (Å²) < 4.78 is 27.1. The van der Waals surface area contributed by atoms with Crippen LogP contribution in [0, 0.1) is 5.92 Å². The summed E-state index contributed by atoms with van der Waals surface area (Å²) in [6.45, 7) is 5.94. The van der Waals surface area contributed by atoms with Crippen molar-refractivity contribution in [1.29, 1.82) is 0 Å². The highest BCUT2D eigenvalue weighted by molar-refractivity contribution is 7.90. The Kier molecular flexibility index (Phi) is 8.31. The molecule has 3 N–H and O–H groups in total. The van der Waals surface area contributed by atoms with Crippen molar-refractivity contribution in [3.8, 4) is 0 Å². The van der Waals surface area contributed by atoms with E-state index in [0.29, 0.717) is 23.8 Å². The fourth-order valence-corrected chi connectivity index (χ4v) is 6.19. The van der Waals surface area contributed by atoms with Gasteiger partial charge < -0.3 is 15.3 Å². The van der Waals surface area contributed by atoms with E-state index in [0.717, 1.165) is 56.6 Å². The van der Waals surface area contributed by atoms with E-state index in [2.05, 4.69) is 39.2 Å². The van der Waals surface area contributed by atoms with Crippen molar-refractivity contribution < 1.29 is 13.5 Å². The second-order valence-corrected chi connectivity index (χ2v) is 13.1. The molecule has 1 saturated carbocycles. The first-order valence-electron chi connectivity index (χ1n) is 12.7. The lowest BCUT2D eigenvalue weighted by Gasteiger charge is -2.39. The van der Waals surface area contributed by atoms with Gasteiger partial charge in [-0.25, -0.2) is 13.1 Å². The minimum absolute atomic E-state index is 0.0693. The minimum Gasteiger partial charge on any atom is -0.385 e. The molecule has 0 atom stereocenters. The molecule has 0 radical (unpaired) electrons. The number of piperidine rings is 1. The summed E-state index contributed by atoms with van der Waals surface area (Å²) >= 11 is 6.00. The SMILES string of the molecule is CC(C)S(=O)(=O)NC1CCC(CNc2ccc(N3CCC(O)(c4ccc(Cl)cc4)CC3)cc2)CC1. The Morgan fingerprint density at radius 1 is 1.00 bits per heavy atom. The number of aliphatic hydroxyl groups is 1. The van der Waals surface area contributed by atoms with Gasteiger partial charge in [-0.05, 0) is 100 Å². The molecule has 0 unspecified atom stereocenters. The van der Waals surface area contributed by atoms with Crippen LogP contribution >= 0.6 is 11.6 Å². The maximum atomic E-state index is 12.1. The lowest BCUT2D eigenvalue weighted by molar-refractivity contribution is 0.0118. The second-order valence-electron chi connectivity index (χ2n) is 10.4. The first-order valence-corrected chi connectivity index (χ1v) is 14.7. The molecule has 6 nitrogen and oxygen atoms in total. The van der Waals surface area contributed by atoms with Crippen molar-refractivity contribution in [3.63, 3.8) is 0 Å². The van der Waals surface area contributed by atoms with E-state index in [1.165, 1.54) is 5.69 Å². The summed E-state index contributed by atoms with van der Waals surface area (Å²) in [5.74, 6) is 0.558. The molecule has 192 valence electrons. The number of nitrogens with one attached hydrogen (secondary N) is 2. The van der Waals surface area contributed by atoms with Crippen LogP contribution in [0.3, 0.4) is 0 Å². The predicted octanol–water partition coefficient (Wildman–Crippen LogP) is 5.13. The van der Waals surface area contributed by atoms with Crippen molar-refractivity contribution >= 4 is 33.0 Å². The van der Waals surface area contributed by atoms with Crippen molar-refractivity contribution in [2.24, 2.45) is 5.92 Å². The molecule has 1 saturated heterocycles. The van der Waals surface area contributed by atoms with E-state index in [-0.39, 0.29) is 11.3 Å². The standard InChI is InChI=1S/C27H38ClN3O3S/c1-20(2)35(33,34)30-25-9-3-21(4-10-25)19-29-24-11-13-26(14-12-24)31-17-15-27(32,16-18-31)22-5-7-23(28)8-6-22/h5-8,11-14,20-21,25,29-30,32H,3-4,9-10,15-19H2,1-2H3. The van der Waals surface area contributed by atoms with Crippen molar-refractivity contribution in [3.05, 3.63) is 59.1 Å². The highest BCUT2D eigenvalue weighted by Crippen LogP contribution is 2.35. The van der Waals surface area contributed by atoms with Crippen LogP contribution < -0.4 is 14.9 Å². The van der Waals surface area contributed by atoms with Crippen LogP contribution in [0.1, 0.15) is 57.9 Å². The van der Waals surface area contributed by atoms with Crippen molar-refractivity contribution in [2.75, 3.05) is 29.9 Å². The second kappa shape index (κ2) is 11.1. The van der Waals surface area contributed by atoms with Gasteiger partial charge in [-0.3, -0.25) is 0 Å². The van der Waals surface area contributed by atoms with Crippen LogP contribution in [0.25, 0.3) is 0 Å². The van der Waals surface area contributed by atoms with Gasteiger partial charge >= 0.3 is 0 Å². The fraction of sp³-hybridized carbons (Fsp3) is 0.556. The van der Waals surface area contributed by atoms with E-state index >= 15 is 0 Å². The van der Waals surface area contributed by atoms with Gasteiger partial charge in [0.05, 0.1) is 10.9 Å². The van der Waals surface area contributed by atoms with Gasteiger partial charge in [-0.15, -0.1) is 0 Å². The minimum atomic E-state index is -3.19. The Labute approximate surface area is 215 Å². The number of anilines is 2. The van der Waals surface area contributed by atoms with E-state index in [9.17, 15) is 13.5 Å². The summed E-state index contributed by atoms with van der Waals surface area (Å²) in [7, 11) is -3.19. The monoisotopic (exact) mass is 519 g/mol. The van der Waals surface area contributed by atoms with Crippen LogP contribution in [0.5, 0.6) is 0 Å². The lowest BCUT2D eigenvalue weighted by Crippen LogP contribution is -2.42. The number of rotatable bonds is 8. The van der Waals surface area contributed by atoms with E-state index in [4.69, 9.17) is 11.6 Å². The van der Waals surface area contributed by atoms with Gasteiger partial charge in [0.2, 0.25) is 10.0 Å². The Hall–Kier alpha value is -1.80. The third-order valence-electron chi connectivity index (χ3n) is 7.60. The normalized spacial score (nSPS) is 22.8. The number of sulfonamides is 1. The van der Waals surface area contributed by atoms with Gasteiger partial charge in [-0.1, -0.05) is 23.7 Å². The zero-order valence-corrected chi connectivity index (χ0v) is 22.3. The van der Waals surface area contributed by atoms with Gasteiger partial charge in [0, 0.05) is 42.1 Å².